The Morgan fingerprint density at radius 2 is 1.00 bits per heavy atom. The van der Waals surface area contributed by atoms with Crippen molar-refractivity contribution in [2.45, 2.75) is 50.0 Å². The average Bonchev–Trinajstić information content (AvgIpc) is 2.78. The Hall–Kier alpha value is -0.980. The lowest BCUT2D eigenvalue weighted by molar-refractivity contribution is -0.167. The largest absolute Gasteiger partial charge is 0.395 e. The molecule has 3 aliphatic rings. The molecule has 0 heterocycles. The number of fused-ring (bicyclic) bond motifs is 2. The molecule has 0 saturated heterocycles. The van der Waals surface area contributed by atoms with Gasteiger partial charge in [0.05, 0.1) is 37.3 Å². The number of aliphatic hydroxyl groups excluding tert-OH is 4. The summed E-state index contributed by atoms with van der Waals surface area (Å²) in [5.41, 5.74) is 0. The molecule has 10 nitrogen and oxygen atoms in total. The van der Waals surface area contributed by atoms with Gasteiger partial charge in [0.25, 0.3) is 0 Å². The minimum absolute atomic E-state index is 0.0604. The first kappa shape index (κ1) is 25.6. The molecule has 8 atom stereocenters. The third-order valence-corrected chi connectivity index (χ3v) is 7.32. The van der Waals surface area contributed by atoms with Gasteiger partial charge in [-0.05, 0) is 25.7 Å². The van der Waals surface area contributed by atoms with Crippen LogP contribution in [0.15, 0.2) is 0 Å². The lowest BCUT2D eigenvalue weighted by Crippen LogP contribution is -2.67. The first-order chi connectivity index (χ1) is 15.5. The zero-order chi connectivity index (χ0) is 23.1. The summed E-state index contributed by atoms with van der Waals surface area (Å²) in [7, 11) is 0. The Labute approximate surface area is 189 Å². The van der Waals surface area contributed by atoms with Gasteiger partial charge in [0.15, 0.2) is 0 Å². The van der Waals surface area contributed by atoms with Gasteiger partial charge in [0.1, 0.15) is 11.6 Å². The summed E-state index contributed by atoms with van der Waals surface area (Å²) in [5.74, 6) is -2.91. The van der Waals surface area contributed by atoms with Crippen LogP contribution in [0.2, 0.25) is 0 Å². The summed E-state index contributed by atoms with van der Waals surface area (Å²) >= 11 is 0. The van der Waals surface area contributed by atoms with Crippen LogP contribution in [0.25, 0.3) is 0 Å². The van der Waals surface area contributed by atoms with Crippen molar-refractivity contribution in [2.75, 3.05) is 52.5 Å². The number of aliphatic hydroxyl groups is 4. The third kappa shape index (κ3) is 5.74. The molecule has 3 saturated carbocycles. The number of carbonyl (C=O) groups excluding carboxylic acids is 2. The zero-order valence-electron chi connectivity index (χ0n) is 18.7. The van der Waals surface area contributed by atoms with E-state index in [2.05, 4.69) is 21.3 Å². The fourth-order valence-electron chi connectivity index (χ4n) is 5.88. The molecule has 0 bridgehead atoms. The van der Waals surface area contributed by atoms with Crippen molar-refractivity contribution in [2.24, 2.45) is 23.7 Å². The molecule has 10 heteroatoms. The topological polar surface area (TPSA) is 163 Å². The summed E-state index contributed by atoms with van der Waals surface area (Å²) < 4.78 is 0. The Morgan fingerprint density at radius 3 is 1.38 bits per heavy atom. The molecular formula is C22H40N4O6. The number of carbonyl (C=O) groups is 2. The van der Waals surface area contributed by atoms with Crippen LogP contribution >= 0.6 is 0 Å². The van der Waals surface area contributed by atoms with Gasteiger partial charge in [-0.25, -0.2) is 0 Å². The first-order valence-electron chi connectivity index (χ1n) is 12.0. The van der Waals surface area contributed by atoms with Gasteiger partial charge in [0.2, 0.25) is 0 Å². The van der Waals surface area contributed by atoms with Gasteiger partial charge < -0.3 is 41.7 Å². The normalized spacial score (nSPS) is 37.2. The molecule has 0 aromatic rings. The molecule has 0 spiro atoms. The van der Waals surface area contributed by atoms with Gasteiger partial charge in [-0.3, -0.25) is 9.59 Å². The molecule has 0 radical (unpaired) electrons. The van der Waals surface area contributed by atoms with Crippen LogP contribution in [0, 0.1) is 23.7 Å². The van der Waals surface area contributed by atoms with Crippen LogP contribution in [0.3, 0.4) is 0 Å². The molecular weight excluding hydrogens is 416 g/mol. The van der Waals surface area contributed by atoms with E-state index in [-0.39, 0.29) is 36.9 Å². The van der Waals surface area contributed by atoms with E-state index in [1.165, 1.54) is 0 Å². The molecule has 3 rings (SSSR count). The molecule has 0 aromatic carbocycles. The molecule has 184 valence electrons. The van der Waals surface area contributed by atoms with Crippen molar-refractivity contribution in [3.63, 3.8) is 0 Å². The van der Waals surface area contributed by atoms with Gasteiger partial charge in [-0.1, -0.05) is 0 Å². The van der Waals surface area contributed by atoms with E-state index in [0.717, 1.165) is 12.8 Å². The number of hydrogen-bond donors (Lipinski definition) is 8. The van der Waals surface area contributed by atoms with E-state index in [9.17, 15) is 19.8 Å². The van der Waals surface area contributed by atoms with Crippen LogP contribution in [-0.4, -0.2) is 109 Å². The number of hydrogen-bond acceptors (Lipinski definition) is 10. The SMILES string of the molecule is O=C1C2C(O)CCC(O)C2C(=O)C2C(NCCNCCO)CCC(NCCNCCO)C12. The van der Waals surface area contributed by atoms with E-state index < -0.39 is 35.9 Å². The maximum absolute atomic E-state index is 13.6. The summed E-state index contributed by atoms with van der Waals surface area (Å²) in [4.78, 5) is 27.2. The smallest absolute Gasteiger partial charge is 0.144 e. The van der Waals surface area contributed by atoms with E-state index >= 15 is 0 Å². The Bertz CT molecular complexity index is 571. The predicted molar refractivity (Wildman–Crippen MR) is 118 cm³/mol. The third-order valence-electron chi connectivity index (χ3n) is 7.32. The van der Waals surface area contributed by atoms with Gasteiger partial charge >= 0.3 is 0 Å². The molecule has 0 aliphatic heterocycles. The summed E-state index contributed by atoms with van der Waals surface area (Å²) in [5, 5.41) is 52.0. The summed E-state index contributed by atoms with van der Waals surface area (Å²) in [6.07, 6.45) is 0.364. The summed E-state index contributed by atoms with van der Waals surface area (Å²) in [6, 6.07) is -0.324. The average molecular weight is 457 g/mol. The fraction of sp³-hybridized carbons (Fsp3) is 0.909. The highest BCUT2D eigenvalue weighted by atomic mass is 16.3. The molecule has 32 heavy (non-hydrogen) atoms. The van der Waals surface area contributed by atoms with Gasteiger partial charge in [0, 0.05) is 63.2 Å². The standard InChI is InChI=1S/C22H40N4O6/c27-11-9-23-5-7-25-13-1-2-14(26-8-6-24-10-12-28)18-17(13)21(31)19-15(29)3-4-16(30)20(19)22(18)32/h13-20,23-30H,1-12H2. The number of nitrogens with one attached hydrogen (secondary N) is 4. The first-order valence-corrected chi connectivity index (χ1v) is 12.0. The number of rotatable bonds is 12. The Kier molecular flexibility index (Phi) is 9.99. The minimum atomic E-state index is -0.885. The lowest BCUT2D eigenvalue weighted by atomic mass is 9.54. The Morgan fingerprint density at radius 1 is 0.594 bits per heavy atom. The highest BCUT2D eigenvalue weighted by molar-refractivity contribution is 6.01. The van der Waals surface area contributed by atoms with Crippen LogP contribution in [0.5, 0.6) is 0 Å². The van der Waals surface area contributed by atoms with Crippen LogP contribution in [0.1, 0.15) is 25.7 Å². The van der Waals surface area contributed by atoms with E-state index in [1.807, 2.05) is 0 Å². The highest BCUT2D eigenvalue weighted by Gasteiger charge is 2.60. The summed E-state index contributed by atoms with van der Waals surface area (Å²) in [6.45, 7) is 3.62. The quantitative estimate of drug-likeness (QED) is 0.142. The van der Waals surface area contributed by atoms with E-state index in [4.69, 9.17) is 10.2 Å². The van der Waals surface area contributed by atoms with Crippen molar-refractivity contribution in [1.82, 2.24) is 21.3 Å². The van der Waals surface area contributed by atoms with E-state index in [0.29, 0.717) is 52.1 Å². The molecule has 8 N–H and O–H groups in total. The molecule has 8 unspecified atom stereocenters. The zero-order valence-corrected chi connectivity index (χ0v) is 18.7. The van der Waals surface area contributed by atoms with Crippen molar-refractivity contribution in [3.8, 4) is 0 Å². The van der Waals surface area contributed by atoms with E-state index in [1.54, 1.807) is 0 Å². The fourth-order valence-corrected chi connectivity index (χ4v) is 5.88. The van der Waals surface area contributed by atoms with Crippen molar-refractivity contribution >= 4 is 11.6 Å². The molecule has 0 amide bonds. The van der Waals surface area contributed by atoms with Crippen LogP contribution in [0.4, 0.5) is 0 Å². The number of ketones is 2. The van der Waals surface area contributed by atoms with Crippen LogP contribution in [-0.2, 0) is 9.59 Å². The molecule has 3 fully saturated rings. The highest BCUT2D eigenvalue weighted by Crippen LogP contribution is 2.46. The second kappa shape index (κ2) is 12.5. The van der Waals surface area contributed by atoms with Crippen molar-refractivity contribution in [1.29, 1.82) is 0 Å². The lowest BCUT2D eigenvalue weighted by Gasteiger charge is -2.51. The van der Waals surface area contributed by atoms with Crippen molar-refractivity contribution < 1.29 is 30.0 Å². The molecule has 3 aliphatic carbocycles. The predicted octanol–water partition coefficient (Wildman–Crippen LogP) is -3.01. The van der Waals surface area contributed by atoms with Gasteiger partial charge in [-0.2, -0.15) is 0 Å². The van der Waals surface area contributed by atoms with Gasteiger partial charge in [-0.15, -0.1) is 0 Å². The second-order valence-electron chi connectivity index (χ2n) is 9.27. The molecule has 0 aromatic heterocycles. The minimum Gasteiger partial charge on any atom is -0.395 e. The Balaban J connectivity index is 1.74. The number of Topliss-reactive ketones (excluding diaryl/α,β-unsaturated/α-hetero) is 2. The maximum atomic E-state index is 13.6. The maximum Gasteiger partial charge on any atom is 0.144 e. The van der Waals surface area contributed by atoms with Crippen LogP contribution < -0.4 is 21.3 Å². The second-order valence-corrected chi connectivity index (χ2v) is 9.27. The van der Waals surface area contributed by atoms with Crippen molar-refractivity contribution in [3.05, 3.63) is 0 Å². The monoisotopic (exact) mass is 456 g/mol.